The second kappa shape index (κ2) is 10.0. The first-order chi connectivity index (χ1) is 11.4. The number of benzene rings is 1. The Balaban J connectivity index is 2.15. The number of non-ortho nitro benzene ring substituents is 1. The Hall–Kier alpha value is -2.84. The molecule has 9 nitrogen and oxygen atoms in total. The van der Waals surface area contributed by atoms with Crippen molar-refractivity contribution in [2.45, 2.75) is 26.2 Å². The second-order valence-corrected chi connectivity index (χ2v) is 5.25. The van der Waals surface area contributed by atoms with Gasteiger partial charge in [0.1, 0.15) is 5.75 Å². The molecule has 0 bridgehead atoms. The van der Waals surface area contributed by atoms with Crippen LogP contribution in [0.5, 0.6) is 5.75 Å². The Bertz CT molecular complexity index is 559. The van der Waals surface area contributed by atoms with Crippen LogP contribution in [0.15, 0.2) is 24.3 Å². The van der Waals surface area contributed by atoms with E-state index in [-0.39, 0.29) is 24.0 Å². The highest BCUT2D eigenvalue weighted by molar-refractivity contribution is 5.70. The van der Waals surface area contributed by atoms with Gasteiger partial charge in [0.25, 0.3) is 5.69 Å². The normalized spacial score (nSPS) is 11.4. The number of rotatable bonds is 9. The predicted molar refractivity (Wildman–Crippen MR) is 84.1 cm³/mol. The minimum Gasteiger partial charge on any atom is -0.450 e. The molecule has 0 aliphatic carbocycles. The molecule has 0 aromatic heterocycles. The third-order valence-electron chi connectivity index (χ3n) is 3.14. The van der Waals surface area contributed by atoms with E-state index in [2.05, 4.69) is 10.1 Å². The van der Waals surface area contributed by atoms with Gasteiger partial charge in [0.05, 0.1) is 11.5 Å². The Kier molecular flexibility index (Phi) is 8.03. The molecule has 0 spiro atoms. The molecular formula is C15H20N2O7. The molecule has 1 aromatic rings. The SMILES string of the molecule is CC(CCCCNC(=O)Oc1ccc([N+](=O)[O-])cc1)COC(=O)O. The number of ether oxygens (including phenoxy) is 2. The highest BCUT2D eigenvalue weighted by atomic mass is 16.7. The molecule has 0 aliphatic rings. The third-order valence-corrected chi connectivity index (χ3v) is 3.14. The number of carboxylic acid groups (broad SMARTS) is 1. The van der Waals surface area contributed by atoms with E-state index in [9.17, 15) is 19.7 Å². The molecule has 1 amide bonds. The summed E-state index contributed by atoms with van der Waals surface area (Å²) in [5.74, 6) is 0.339. The van der Waals surface area contributed by atoms with E-state index in [0.717, 1.165) is 12.8 Å². The van der Waals surface area contributed by atoms with Crippen LogP contribution in [0.3, 0.4) is 0 Å². The topological polar surface area (TPSA) is 128 Å². The van der Waals surface area contributed by atoms with Crippen LogP contribution < -0.4 is 10.1 Å². The van der Waals surface area contributed by atoms with Crippen molar-refractivity contribution in [3.8, 4) is 5.75 Å². The molecule has 0 radical (unpaired) electrons. The van der Waals surface area contributed by atoms with Crippen LogP contribution in [0.1, 0.15) is 26.2 Å². The lowest BCUT2D eigenvalue weighted by Gasteiger charge is -2.10. The molecule has 1 atom stereocenters. The van der Waals surface area contributed by atoms with Crippen LogP contribution in [-0.4, -0.2) is 35.4 Å². The number of nitrogens with zero attached hydrogens (tertiary/aromatic N) is 1. The predicted octanol–water partition coefficient (Wildman–Crippen LogP) is 3.18. The standard InChI is InChI=1S/C15H20N2O7/c1-11(10-23-15(19)20)4-2-3-9-16-14(18)24-13-7-5-12(6-8-13)17(21)22/h5-8,11H,2-4,9-10H2,1H3,(H,16,18)(H,19,20). The van der Waals surface area contributed by atoms with Gasteiger partial charge in [-0.25, -0.2) is 9.59 Å². The van der Waals surface area contributed by atoms with Crippen LogP contribution in [0, 0.1) is 16.0 Å². The molecule has 0 fully saturated rings. The van der Waals surface area contributed by atoms with E-state index in [1.54, 1.807) is 0 Å². The first-order valence-corrected chi connectivity index (χ1v) is 7.44. The maximum atomic E-state index is 11.6. The van der Waals surface area contributed by atoms with Gasteiger partial charge in [-0.3, -0.25) is 10.1 Å². The molecule has 24 heavy (non-hydrogen) atoms. The number of hydrogen-bond donors (Lipinski definition) is 2. The smallest absolute Gasteiger partial charge is 0.450 e. The van der Waals surface area contributed by atoms with E-state index < -0.39 is 17.2 Å². The first kappa shape index (κ1) is 19.2. The van der Waals surface area contributed by atoms with Crippen molar-refractivity contribution in [2.24, 2.45) is 5.92 Å². The molecule has 0 aliphatic heterocycles. The number of nitrogens with one attached hydrogen (secondary N) is 1. The minimum atomic E-state index is -1.28. The monoisotopic (exact) mass is 340 g/mol. The van der Waals surface area contributed by atoms with Gasteiger partial charge < -0.3 is 19.9 Å². The zero-order chi connectivity index (χ0) is 17.9. The number of unbranched alkanes of at least 4 members (excludes halogenated alkanes) is 1. The van der Waals surface area contributed by atoms with Crippen molar-refractivity contribution in [3.05, 3.63) is 34.4 Å². The highest BCUT2D eigenvalue weighted by Gasteiger charge is 2.08. The summed E-state index contributed by atoms with van der Waals surface area (Å²) in [6, 6.07) is 5.20. The van der Waals surface area contributed by atoms with Gasteiger partial charge in [-0.2, -0.15) is 0 Å². The molecule has 1 unspecified atom stereocenters. The van der Waals surface area contributed by atoms with Gasteiger partial charge in [0, 0.05) is 18.7 Å². The van der Waals surface area contributed by atoms with Gasteiger partial charge in [0.15, 0.2) is 0 Å². The van der Waals surface area contributed by atoms with Crippen molar-refractivity contribution in [3.63, 3.8) is 0 Å². The summed E-state index contributed by atoms with van der Waals surface area (Å²) in [6.45, 7) is 2.46. The summed E-state index contributed by atoms with van der Waals surface area (Å²) in [5, 5.41) is 21.5. The number of hydrogen-bond acceptors (Lipinski definition) is 6. The average Bonchev–Trinajstić information content (AvgIpc) is 2.53. The summed E-state index contributed by atoms with van der Waals surface area (Å²) in [4.78, 5) is 31.8. The van der Waals surface area contributed by atoms with Crippen molar-refractivity contribution in [2.75, 3.05) is 13.2 Å². The fourth-order valence-electron chi connectivity index (χ4n) is 1.88. The Labute approximate surface area is 138 Å². The van der Waals surface area contributed by atoms with Gasteiger partial charge in [-0.05, 0) is 30.9 Å². The Morgan fingerprint density at radius 1 is 1.29 bits per heavy atom. The zero-order valence-corrected chi connectivity index (χ0v) is 13.3. The molecular weight excluding hydrogens is 320 g/mol. The number of amides is 1. The third kappa shape index (κ3) is 7.97. The maximum Gasteiger partial charge on any atom is 0.505 e. The van der Waals surface area contributed by atoms with Crippen LogP contribution >= 0.6 is 0 Å². The van der Waals surface area contributed by atoms with Crippen molar-refractivity contribution >= 4 is 17.9 Å². The van der Waals surface area contributed by atoms with Gasteiger partial charge in [-0.15, -0.1) is 0 Å². The summed E-state index contributed by atoms with van der Waals surface area (Å²) >= 11 is 0. The number of carbonyl (C=O) groups excluding carboxylic acids is 1. The van der Waals surface area contributed by atoms with E-state index in [1.807, 2.05) is 6.92 Å². The van der Waals surface area contributed by atoms with Gasteiger partial charge >= 0.3 is 12.2 Å². The zero-order valence-electron chi connectivity index (χ0n) is 13.3. The fourth-order valence-corrected chi connectivity index (χ4v) is 1.88. The lowest BCUT2D eigenvalue weighted by Crippen LogP contribution is -2.27. The Morgan fingerprint density at radius 3 is 2.54 bits per heavy atom. The van der Waals surface area contributed by atoms with Gasteiger partial charge in [-0.1, -0.05) is 13.3 Å². The van der Waals surface area contributed by atoms with Crippen LogP contribution in [0.4, 0.5) is 15.3 Å². The number of nitro benzene ring substituents is 1. The first-order valence-electron chi connectivity index (χ1n) is 7.44. The molecule has 1 rings (SSSR count). The summed E-state index contributed by atoms with van der Waals surface area (Å²) in [7, 11) is 0. The molecule has 9 heteroatoms. The van der Waals surface area contributed by atoms with Crippen molar-refractivity contribution in [1.29, 1.82) is 0 Å². The summed E-state index contributed by atoms with van der Waals surface area (Å²) in [6.07, 6.45) is 0.393. The van der Waals surface area contributed by atoms with Crippen LogP contribution in [0.2, 0.25) is 0 Å². The van der Waals surface area contributed by atoms with Crippen LogP contribution in [0.25, 0.3) is 0 Å². The lowest BCUT2D eigenvalue weighted by atomic mass is 10.1. The highest BCUT2D eigenvalue weighted by Crippen LogP contribution is 2.17. The number of carbonyl (C=O) groups is 2. The van der Waals surface area contributed by atoms with E-state index in [1.165, 1.54) is 24.3 Å². The molecule has 1 aromatic carbocycles. The van der Waals surface area contributed by atoms with E-state index in [0.29, 0.717) is 13.0 Å². The van der Waals surface area contributed by atoms with Gasteiger partial charge in [0.2, 0.25) is 0 Å². The van der Waals surface area contributed by atoms with Crippen molar-refractivity contribution in [1.82, 2.24) is 5.32 Å². The number of nitro groups is 1. The largest absolute Gasteiger partial charge is 0.505 e. The maximum absolute atomic E-state index is 11.6. The summed E-state index contributed by atoms with van der Waals surface area (Å²) < 4.78 is 9.46. The van der Waals surface area contributed by atoms with Crippen molar-refractivity contribution < 1.29 is 29.1 Å². The average molecular weight is 340 g/mol. The molecule has 0 heterocycles. The second-order valence-electron chi connectivity index (χ2n) is 5.25. The van der Waals surface area contributed by atoms with Crippen LogP contribution in [-0.2, 0) is 4.74 Å². The van der Waals surface area contributed by atoms with E-state index in [4.69, 9.17) is 9.84 Å². The fraction of sp³-hybridized carbons (Fsp3) is 0.467. The molecule has 0 saturated carbocycles. The quantitative estimate of drug-likeness (QED) is 0.306. The summed E-state index contributed by atoms with van der Waals surface area (Å²) in [5.41, 5.74) is -0.0799. The minimum absolute atomic E-state index is 0.0799. The van der Waals surface area contributed by atoms with E-state index >= 15 is 0 Å². The molecule has 0 saturated heterocycles. The Morgan fingerprint density at radius 2 is 1.96 bits per heavy atom. The lowest BCUT2D eigenvalue weighted by molar-refractivity contribution is -0.384. The molecule has 132 valence electrons. The molecule has 2 N–H and O–H groups in total.